The van der Waals surface area contributed by atoms with E-state index in [2.05, 4.69) is 152 Å². The molecule has 2 saturated heterocycles. The van der Waals surface area contributed by atoms with Crippen molar-refractivity contribution in [2.45, 2.75) is 38.8 Å². The summed E-state index contributed by atoms with van der Waals surface area (Å²) in [6.45, 7) is 7.15. The summed E-state index contributed by atoms with van der Waals surface area (Å²) in [7, 11) is 1.80. The van der Waals surface area contributed by atoms with Gasteiger partial charge in [0.25, 0.3) is 0 Å². The molecular weight excluding hydrogens is 534 g/mol. The van der Waals surface area contributed by atoms with Crippen LogP contribution in [-0.2, 0) is 0 Å². The number of rotatable bonds is 8. The van der Waals surface area contributed by atoms with E-state index >= 15 is 0 Å². The maximum Gasteiger partial charge on any atom is 0.0141 e. The van der Waals surface area contributed by atoms with Crippen molar-refractivity contribution in [3.05, 3.63) is 121 Å². The first-order valence-corrected chi connectivity index (χ1v) is 18.3. The quantitative estimate of drug-likeness (QED) is 0.237. The smallest absolute Gasteiger partial charge is 0.0141 e. The zero-order chi connectivity index (χ0) is 28.4. The third-order valence-corrected chi connectivity index (χ3v) is 13.7. The molecule has 6 rings (SSSR count). The monoisotopic (exact) mass is 580 g/mol. The number of hydrogen-bond acceptors (Lipinski definition) is 2. The van der Waals surface area contributed by atoms with Crippen molar-refractivity contribution < 1.29 is 0 Å². The van der Waals surface area contributed by atoms with Crippen LogP contribution in [0.25, 0.3) is 0 Å². The zero-order valence-corrected chi connectivity index (χ0v) is 26.7. The molecule has 2 heterocycles. The van der Waals surface area contributed by atoms with E-state index in [1.54, 1.807) is 0 Å². The number of nitrogens with one attached hydrogen (secondary N) is 1. The average Bonchev–Trinajstić information content (AvgIpc) is 3.59. The Morgan fingerprint density at radius 2 is 1.00 bits per heavy atom. The van der Waals surface area contributed by atoms with Crippen LogP contribution in [0.5, 0.6) is 0 Å². The second kappa shape index (κ2) is 15.2. The van der Waals surface area contributed by atoms with Gasteiger partial charge in [-0.3, -0.25) is 0 Å². The normalized spacial score (nSPS) is 22.6. The highest BCUT2D eigenvalue weighted by Crippen LogP contribution is 2.38. The largest absolute Gasteiger partial charge is 0.313 e. The minimum Gasteiger partial charge on any atom is -0.313 e. The summed E-state index contributed by atoms with van der Waals surface area (Å²) in [6, 6.07) is 45.6. The maximum absolute atomic E-state index is 3.69. The Kier molecular flexibility index (Phi) is 11.2. The van der Waals surface area contributed by atoms with Gasteiger partial charge in [0.05, 0.1) is 0 Å². The molecule has 2 fully saturated rings. The predicted molar refractivity (Wildman–Crippen MR) is 184 cm³/mol. The van der Waals surface area contributed by atoms with Crippen molar-refractivity contribution in [1.82, 2.24) is 10.2 Å². The second-order valence-electron chi connectivity index (χ2n) is 11.9. The number of benzene rings is 4. The van der Waals surface area contributed by atoms with Gasteiger partial charge >= 0.3 is 0 Å². The first-order valence-electron chi connectivity index (χ1n) is 15.3. The molecular formula is C37H46N2P2. The lowest BCUT2D eigenvalue weighted by Gasteiger charge is -2.26. The fourth-order valence-electron chi connectivity index (χ4n) is 6.32. The molecule has 4 aromatic rings. The van der Waals surface area contributed by atoms with Crippen molar-refractivity contribution in [2.24, 2.45) is 11.8 Å². The summed E-state index contributed by atoms with van der Waals surface area (Å²) in [5.74, 6) is 1.66. The summed E-state index contributed by atoms with van der Waals surface area (Å²) in [5, 5.41) is 9.70. The van der Waals surface area contributed by atoms with E-state index in [9.17, 15) is 0 Å². The summed E-state index contributed by atoms with van der Waals surface area (Å²) in [5.41, 5.74) is 0. The van der Waals surface area contributed by atoms with Crippen LogP contribution in [0.15, 0.2) is 121 Å². The van der Waals surface area contributed by atoms with Gasteiger partial charge < -0.3 is 10.2 Å². The van der Waals surface area contributed by atoms with E-state index in [-0.39, 0.29) is 15.8 Å². The van der Waals surface area contributed by atoms with Crippen LogP contribution in [0, 0.1) is 11.8 Å². The topological polar surface area (TPSA) is 15.3 Å². The molecule has 1 N–H and O–H groups in total. The molecule has 41 heavy (non-hydrogen) atoms. The van der Waals surface area contributed by atoms with Crippen LogP contribution in [-0.4, -0.2) is 49.4 Å². The summed E-state index contributed by atoms with van der Waals surface area (Å²) >= 11 is 0. The standard InChI is InChI=1S/C19H24NP.C18H22NP/c1-16-13-17(20(2)14-16)15-21(18-9-5-3-6-10-18)19-11-7-4-8-12-19;1-15-12-16(19-13-15)14-20(17-8-4-2-5-9-17)18-10-6-3-7-11-18/h3-12,16-17H,13-15H2,1-2H3;2-11,15-16,19H,12-14H2,1H3/t16-,17-;15-,16-/m00/s1. The molecule has 0 spiro atoms. The van der Waals surface area contributed by atoms with Gasteiger partial charge in [0.2, 0.25) is 0 Å². The lowest BCUT2D eigenvalue weighted by Crippen LogP contribution is -2.30. The van der Waals surface area contributed by atoms with E-state index in [0.717, 1.165) is 17.9 Å². The minimum absolute atomic E-state index is 0.243. The fourth-order valence-corrected chi connectivity index (χ4v) is 11.5. The van der Waals surface area contributed by atoms with E-state index < -0.39 is 0 Å². The Labute approximate surface area is 251 Å². The molecule has 4 heteroatoms. The molecule has 2 aliphatic rings. The molecule has 2 aliphatic heterocycles. The third-order valence-electron chi connectivity index (χ3n) is 8.41. The van der Waals surface area contributed by atoms with Crippen LogP contribution < -0.4 is 26.5 Å². The minimum atomic E-state index is -0.249. The average molecular weight is 581 g/mol. The predicted octanol–water partition coefficient (Wildman–Crippen LogP) is 6.58. The molecule has 4 atom stereocenters. The lowest BCUT2D eigenvalue weighted by molar-refractivity contribution is 0.330. The number of nitrogens with zero attached hydrogens (tertiary/aromatic N) is 1. The van der Waals surface area contributed by atoms with Crippen LogP contribution in [0.1, 0.15) is 26.7 Å². The van der Waals surface area contributed by atoms with E-state index in [1.165, 1.54) is 59.5 Å². The molecule has 0 unspecified atom stereocenters. The van der Waals surface area contributed by atoms with Gasteiger partial charge in [0.1, 0.15) is 0 Å². The molecule has 0 bridgehead atoms. The zero-order valence-electron chi connectivity index (χ0n) is 24.9. The van der Waals surface area contributed by atoms with Gasteiger partial charge in [-0.25, -0.2) is 0 Å². The highest BCUT2D eigenvalue weighted by Gasteiger charge is 2.30. The van der Waals surface area contributed by atoms with Crippen LogP contribution >= 0.6 is 15.8 Å². The Balaban J connectivity index is 0.000000165. The number of hydrogen-bond donors (Lipinski definition) is 1. The van der Waals surface area contributed by atoms with Gasteiger partial charge in [-0.15, -0.1) is 0 Å². The van der Waals surface area contributed by atoms with Gasteiger partial charge in [0, 0.05) is 18.6 Å². The van der Waals surface area contributed by atoms with Gasteiger partial charge in [-0.1, -0.05) is 135 Å². The van der Waals surface area contributed by atoms with E-state index in [1.807, 2.05) is 0 Å². The molecule has 214 valence electrons. The fraction of sp³-hybridized carbons (Fsp3) is 0.351. The summed E-state index contributed by atoms with van der Waals surface area (Å²) < 4.78 is 0. The summed E-state index contributed by atoms with van der Waals surface area (Å²) in [4.78, 5) is 2.56. The molecule has 0 saturated carbocycles. The highest BCUT2D eigenvalue weighted by atomic mass is 31.1. The Morgan fingerprint density at radius 1 is 0.585 bits per heavy atom. The molecule has 0 radical (unpaired) electrons. The Bertz CT molecular complexity index is 1210. The van der Waals surface area contributed by atoms with Crippen LogP contribution in [0.2, 0.25) is 0 Å². The Morgan fingerprint density at radius 3 is 1.34 bits per heavy atom. The van der Waals surface area contributed by atoms with Crippen molar-refractivity contribution >= 4 is 37.1 Å². The van der Waals surface area contributed by atoms with Crippen molar-refractivity contribution in [1.29, 1.82) is 0 Å². The molecule has 2 nitrogen and oxygen atoms in total. The van der Waals surface area contributed by atoms with Crippen LogP contribution in [0.3, 0.4) is 0 Å². The highest BCUT2D eigenvalue weighted by molar-refractivity contribution is 7.73. The van der Waals surface area contributed by atoms with Crippen LogP contribution in [0.4, 0.5) is 0 Å². The first kappa shape index (κ1) is 30.1. The van der Waals surface area contributed by atoms with Crippen molar-refractivity contribution in [3.63, 3.8) is 0 Å². The molecule has 0 amide bonds. The summed E-state index contributed by atoms with van der Waals surface area (Å²) in [6.07, 6.45) is 5.20. The van der Waals surface area contributed by atoms with Gasteiger partial charge in [-0.05, 0) is 87.7 Å². The SMILES string of the molecule is C[C@@H]1CN[C@H](CP(c2ccccc2)c2ccccc2)C1.C[C@H]1C[C@@H](CP(c2ccccc2)c2ccccc2)N(C)C1. The molecule has 0 aliphatic carbocycles. The van der Waals surface area contributed by atoms with Gasteiger partial charge in [-0.2, -0.15) is 0 Å². The second-order valence-corrected chi connectivity index (χ2v) is 16.5. The van der Waals surface area contributed by atoms with Crippen molar-refractivity contribution in [2.75, 3.05) is 32.5 Å². The lowest BCUT2D eigenvalue weighted by atomic mass is 10.1. The third kappa shape index (κ3) is 8.59. The number of likely N-dealkylation sites (tertiary alicyclic amines) is 1. The maximum atomic E-state index is 3.69. The van der Waals surface area contributed by atoms with Gasteiger partial charge in [0.15, 0.2) is 0 Å². The van der Waals surface area contributed by atoms with E-state index in [0.29, 0.717) is 6.04 Å². The molecule has 0 aromatic heterocycles. The molecule has 4 aromatic carbocycles. The van der Waals surface area contributed by atoms with E-state index in [4.69, 9.17) is 0 Å². The Hall–Kier alpha value is -2.34. The first-order chi connectivity index (χ1) is 20.1. The van der Waals surface area contributed by atoms with Crippen molar-refractivity contribution in [3.8, 4) is 0 Å².